The van der Waals surface area contributed by atoms with Crippen LogP contribution in [0, 0.1) is 13.8 Å². The van der Waals surface area contributed by atoms with Gasteiger partial charge in [0.15, 0.2) is 0 Å². The van der Waals surface area contributed by atoms with Crippen molar-refractivity contribution in [2.24, 2.45) is 0 Å². The first-order valence-electron chi connectivity index (χ1n) is 6.01. The lowest BCUT2D eigenvalue weighted by Crippen LogP contribution is -2.02. The highest BCUT2D eigenvalue weighted by molar-refractivity contribution is 9.10. The number of furan rings is 1. The molecule has 0 saturated carbocycles. The highest BCUT2D eigenvalue weighted by Gasteiger charge is 2.09. The van der Waals surface area contributed by atoms with Gasteiger partial charge in [-0.05, 0) is 56.2 Å². The Morgan fingerprint density at radius 1 is 1.22 bits per heavy atom. The molecule has 0 fully saturated rings. The van der Waals surface area contributed by atoms with Gasteiger partial charge in [-0.2, -0.15) is 0 Å². The monoisotopic (exact) mass is 308 g/mol. The van der Waals surface area contributed by atoms with Crippen molar-refractivity contribution in [1.82, 2.24) is 0 Å². The molecule has 1 atom stereocenters. The smallest absolute Gasteiger partial charge is 0.134 e. The third-order valence-electron chi connectivity index (χ3n) is 2.88. The van der Waals surface area contributed by atoms with Crippen LogP contribution in [-0.4, -0.2) is 11.2 Å². The predicted molar refractivity (Wildman–Crippen MR) is 76.7 cm³/mol. The van der Waals surface area contributed by atoms with Gasteiger partial charge in [-0.15, -0.1) is 0 Å². The van der Waals surface area contributed by atoms with E-state index in [0.29, 0.717) is 6.42 Å². The molecule has 0 radical (unpaired) electrons. The van der Waals surface area contributed by atoms with Crippen LogP contribution < -0.4 is 0 Å². The first-order chi connectivity index (χ1) is 8.47. The fourth-order valence-electron chi connectivity index (χ4n) is 2.02. The van der Waals surface area contributed by atoms with E-state index in [1.165, 1.54) is 11.1 Å². The van der Waals surface area contributed by atoms with Crippen LogP contribution in [0.4, 0.5) is 0 Å². The zero-order valence-corrected chi connectivity index (χ0v) is 12.4. The minimum Gasteiger partial charge on any atom is -0.461 e. The second-order valence-corrected chi connectivity index (χ2v) is 5.54. The van der Waals surface area contributed by atoms with Crippen LogP contribution in [0.15, 0.2) is 33.2 Å². The molecule has 0 aliphatic heterocycles. The van der Waals surface area contributed by atoms with E-state index in [1.807, 2.05) is 12.1 Å². The van der Waals surface area contributed by atoms with E-state index in [2.05, 4.69) is 41.9 Å². The van der Waals surface area contributed by atoms with Gasteiger partial charge in [-0.25, -0.2) is 0 Å². The maximum atomic E-state index is 9.34. The van der Waals surface area contributed by atoms with E-state index < -0.39 is 0 Å². The normalized spacial score (nSPS) is 12.7. The Morgan fingerprint density at radius 3 is 2.39 bits per heavy atom. The molecule has 0 saturated heterocycles. The summed E-state index contributed by atoms with van der Waals surface area (Å²) in [5.41, 5.74) is 3.46. The van der Waals surface area contributed by atoms with Gasteiger partial charge in [0, 0.05) is 16.5 Å². The number of hydrogen-bond acceptors (Lipinski definition) is 2. The van der Waals surface area contributed by atoms with E-state index in [9.17, 15) is 5.11 Å². The molecule has 1 aromatic heterocycles. The molecule has 2 rings (SSSR count). The summed E-state index contributed by atoms with van der Waals surface area (Å²) in [6.07, 6.45) is 0.173. The summed E-state index contributed by atoms with van der Waals surface area (Å²) < 4.78 is 6.90. The number of aliphatic hydroxyl groups excluding tert-OH is 1. The Labute approximate surface area is 116 Å². The Bertz CT molecular complexity index is 532. The second kappa shape index (κ2) is 5.29. The molecule has 96 valence electrons. The molecule has 1 heterocycles. The molecule has 1 aromatic carbocycles. The number of aliphatic hydroxyl groups is 1. The first kappa shape index (κ1) is 13.4. The average molecular weight is 309 g/mol. The Kier molecular flexibility index (Phi) is 3.93. The van der Waals surface area contributed by atoms with Crippen molar-refractivity contribution >= 4 is 15.9 Å². The van der Waals surface area contributed by atoms with E-state index in [4.69, 9.17) is 4.42 Å². The molecule has 0 spiro atoms. The van der Waals surface area contributed by atoms with Gasteiger partial charge in [-0.3, -0.25) is 0 Å². The maximum Gasteiger partial charge on any atom is 0.134 e. The Balaban J connectivity index is 2.34. The Hall–Kier alpha value is -1.06. The van der Waals surface area contributed by atoms with Crippen LogP contribution in [-0.2, 0) is 6.42 Å². The molecule has 0 aliphatic rings. The van der Waals surface area contributed by atoms with Crippen molar-refractivity contribution in [3.8, 4) is 11.3 Å². The summed E-state index contributed by atoms with van der Waals surface area (Å²) in [5, 5.41) is 9.34. The van der Waals surface area contributed by atoms with Crippen molar-refractivity contribution < 1.29 is 9.52 Å². The average Bonchev–Trinajstić information content (AvgIpc) is 2.72. The van der Waals surface area contributed by atoms with Crippen molar-refractivity contribution in [2.45, 2.75) is 33.3 Å². The predicted octanol–water partition coefficient (Wildman–Crippen LogP) is 4.25. The lowest BCUT2D eigenvalue weighted by atomic mass is 10.1. The third kappa shape index (κ3) is 2.85. The molecule has 0 bridgehead atoms. The molecule has 0 amide bonds. The molecule has 0 aliphatic carbocycles. The third-order valence-corrected chi connectivity index (χ3v) is 4.13. The van der Waals surface area contributed by atoms with Gasteiger partial charge in [0.2, 0.25) is 0 Å². The Morgan fingerprint density at radius 2 is 1.83 bits per heavy atom. The van der Waals surface area contributed by atoms with Gasteiger partial charge < -0.3 is 9.52 Å². The standard InChI is InChI=1S/C15H17BrO2/c1-9-6-12(7-10(2)15(9)16)14-5-4-13(18-14)8-11(3)17/h4-7,11,17H,8H2,1-3H3. The fraction of sp³-hybridized carbons (Fsp3) is 0.333. The van der Waals surface area contributed by atoms with Gasteiger partial charge in [0.1, 0.15) is 11.5 Å². The molecule has 2 nitrogen and oxygen atoms in total. The zero-order chi connectivity index (χ0) is 13.3. The molecular formula is C15H17BrO2. The van der Waals surface area contributed by atoms with Gasteiger partial charge in [0.05, 0.1) is 6.10 Å². The quantitative estimate of drug-likeness (QED) is 0.919. The van der Waals surface area contributed by atoms with Crippen molar-refractivity contribution in [3.05, 3.63) is 45.6 Å². The van der Waals surface area contributed by atoms with Crippen molar-refractivity contribution in [1.29, 1.82) is 0 Å². The van der Waals surface area contributed by atoms with E-state index in [-0.39, 0.29) is 6.10 Å². The zero-order valence-electron chi connectivity index (χ0n) is 10.8. The highest BCUT2D eigenvalue weighted by Crippen LogP contribution is 2.29. The molecule has 1 N–H and O–H groups in total. The summed E-state index contributed by atoms with van der Waals surface area (Å²) in [4.78, 5) is 0. The minimum atomic E-state index is -0.377. The van der Waals surface area contributed by atoms with Crippen LogP contribution in [0.5, 0.6) is 0 Å². The second-order valence-electron chi connectivity index (χ2n) is 4.74. The molecular weight excluding hydrogens is 292 g/mol. The van der Waals surface area contributed by atoms with Gasteiger partial charge in [0.25, 0.3) is 0 Å². The van der Waals surface area contributed by atoms with E-state index in [1.54, 1.807) is 6.92 Å². The maximum absolute atomic E-state index is 9.34. The summed E-state index contributed by atoms with van der Waals surface area (Å²) in [6, 6.07) is 8.08. The van der Waals surface area contributed by atoms with Crippen LogP contribution in [0.2, 0.25) is 0 Å². The number of aryl methyl sites for hydroxylation is 2. The number of benzene rings is 1. The molecule has 3 heteroatoms. The molecule has 2 aromatic rings. The van der Waals surface area contributed by atoms with Crippen LogP contribution in [0.25, 0.3) is 11.3 Å². The number of halogens is 1. The minimum absolute atomic E-state index is 0.377. The van der Waals surface area contributed by atoms with Gasteiger partial charge >= 0.3 is 0 Å². The van der Waals surface area contributed by atoms with Gasteiger partial charge in [-0.1, -0.05) is 15.9 Å². The summed E-state index contributed by atoms with van der Waals surface area (Å²) >= 11 is 3.56. The van der Waals surface area contributed by atoms with Crippen molar-refractivity contribution in [2.75, 3.05) is 0 Å². The van der Waals surface area contributed by atoms with E-state index in [0.717, 1.165) is 21.6 Å². The lowest BCUT2D eigenvalue weighted by molar-refractivity contribution is 0.187. The van der Waals surface area contributed by atoms with Crippen LogP contribution in [0.3, 0.4) is 0 Å². The van der Waals surface area contributed by atoms with Crippen LogP contribution in [0.1, 0.15) is 23.8 Å². The topological polar surface area (TPSA) is 33.4 Å². The summed E-state index contributed by atoms with van der Waals surface area (Å²) in [7, 11) is 0. The molecule has 1 unspecified atom stereocenters. The van der Waals surface area contributed by atoms with Crippen LogP contribution >= 0.6 is 15.9 Å². The fourth-order valence-corrected chi connectivity index (χ4v) is 2.25. The largest absolute Gasteiger partial charge is 0.461 e. The van der Waals surface area contributed by atoms with E-state index >= 15 is 0 Å². The lowest BCUT2D eigenvalue weighted by Gasteiger charge is -2.06. The van der Waals surface area contributed by atoms with Crippen molar-refractivity contribution in [3.63, 3.8) is 0 Å². The number of hydrogen-bond donors (Lipinski definition) is 1. The number of rotatable bonds is 3. The summed E-state index contributed by atoms with van der Waals surface area (Å²) in [5.74, 6) is 1.67. The first-order valence-corrected chi connectivity index (χ1v) is 6.80. The molecule has 18 heavy (non-hydrogen) atoms. The highest BCUT2D eigenvalue weighted by atomic mass is 79.9. The summed E-state index contributed by atoms with van der Waals surface area (Å²) in [6.45, 7) is 5.90. The SMILES string of the molecule is Cc1cc(-c2ccc(CC(C)O)o2)cc(C)c1Br.